The van der Waals surface area contributed by atoms with E-state index < -0.39 is 0 Å². The Morgan fingerprint density at radius 2 is 1.84 bits per heavy atom. The fourth-order valence-electron chi connectivity index (χ4n) is 2.38. The molecular formula is C17H13FO. The van der Waals surface area contributed by atoms with Gasteiger partial charge in [-0.25, -0.2) is 4.39 Å². The largest absolute Gasteiger partial charge is 0.388 e. The van der Waals surface area contributed by atoms with Crippen LogP contribution in [0.4, 0.5) is 4.39 Å². The maximum absolute atomic E-state index is 13.0. The van der Waals surface area contributed by atoms with Crippen LogP contribution in [0.1, 0.15) is 34.8 Å². The van der Waals surface area contributed by atoms with Crippen LogP contribution in [-0.2, 0) is 6.42 Å². The Morgan fingerprint density at radius 3 is 2.63 bits per heavy atom. The van der Waals surface area contributed by atoms with Gasteiger partial charge in [0.2, 0.25) is 0 Å². The van der Waals surface area contributed by atoms with E-state index in [1.165, 1.54) is 17.7 Å². The standard InChI is InChI=1S/C17H13FO/c18-15-3-1-2-12(11-15)4-5-13-6-8-16-14(10-13)7-9-17(16)19/h1-3,6,8,10-11,17,19H,7,9H2. The van der Waals surface area contributed by atoms with Crippen LogP contribution in [0.3, 0.4) is 0 Å². The Bertz CT molecular complexity index is 679. The minimum atomic E-state index is -0.333. The van der Waals surface area contributed by atoms with Crippen molar-refractivity contribution in [3.05, 3.63) is 70.5 Å². The Morgan fingerprint density at radius 1 is 1.05 bits per heavy atom. The van der Waals surface area contributed by atoms with Crippen molar-refractivity contribution in [2.45, 2.75) is 18.9 Å². The Labute approximate surface area is 111 Å². The number of hydrogen-bond donors (Lipinski definition) is 1. The first-order valence-corrected chi connectivity index (χ1v) is 6.31. The molecule has 2 heteroatoms. The van der Waals surface area contributed by atoms with Gasteiger partial charge in [0.05, 0.1) is 6.10 Å². The van der Waals surface area contributed by atoms with Crippen molar-refractivity contribution < 1.29 is 9.50 Å². The zero-order valence-corrected chi connectivity index (χ0v) is 10.4. The van der Waals surface area contributed by atoms with Crippen molar-refractivity contribution in [2.75, 3.05) is 0 Å². The minimum absolute atomic E-state index is 0.274. The van der Waals surface area contributed by atoms with E-state index in [9.17, 15) is 9.50 Å². The molecule has 1 N–H and O–H groups in total. The quantitative estimate of drug-likeness (QED) is 0.714. The van der Waals surface area contributed by atoms with Crippen LogP contribution in [-0.4, -0.2) is 5.11 Å². The monoisotopic (exact) mass is 252 g/mol. The second-order valence-corrected chi connectivity index (χ2v) is 4.73. The average Bonchev–Trinajstić information content (AvgIpc) is 2.78. The summed E-state index contributed by atoms with van der Waals surface area (Å²) < 4.78 is 13.0. The third-order valence-electron chi connectivity index (χ3n) is 3.36. The van der Waals surface area contributed by atoms with Gasteiger partial charge < -0.3 is 5.11 Å². The number of aryl methyl sites for hydroxylation is 1. The van der Waals surface area contributed by atoms with Gasteiger partial charge in [-0.2, -0.15) is 0 Å². The Hall–Kier alpha value is -2.11. The van der Waals surface area contributed by atoms with E-state index >= 15 is 0 Å². The van der Waals surface area contributed by atoms with Crippen LogP contribution in [0, 0.1) is 17.7 Å². The summed E-state index contributed by atoms with van der Waals surface area (Å²) in [4.78, 5) is 0. The normalized spacial score (nSPS) is 16.6. The van der Waals surface area contributed by atoms with Crippen LogP contribution in [0.15, 0.2) is 42.5 Å². The van der Waals surface area contributed by atoms with Gasteiger partial charge >= 0.3 is 0 Å². The first-order chi connectivity index (χ1) is 9.22. The molecule has 0 saturated carbocycles. The molecule has 0 spiro atoms. The minimum Gasteiger partial charge on any atom is -0.388 e. The highest BCUT2D eigenvalue weighted by Gasteiger charge is 2.19. The lowest BCUT2D eigenvalue weighted by atomic mass is 10.1. The number of aliphatic hydroxyl groups is 1. The first-order valence-electron chi connectivity index (χ1n) is 6.31. The Kier molecular flexibility index (Phi) is 3.06. The van der Waals surface area contributed by atoms with Crippen molar-refractivity contribution in [1.29, 1.82) is 0 Å². The van der Waals surface area contributed by atoms with Crippen molar-refractivity contribution in [3.8, 4) is 11.8 Å². The van der Waals surface area contributed by atoms with E-state index in [1.807, 2.05) is 18.2 Å². The molecule has 1 unspecified atom stereocenters. The van der Waals surface area contributed by atoms with Crippen molar-refractivity contribution in [2.24, 2.45) is 0 Å². The van der Waals surface area contributed by atoms with Crippen molar-refractivity contribution >= 4 is 0 Å². The molecule has 2 aromatic carbocycles. The van der Waals surface area contributed by atoms with E-state index in [1.54, 1.807) is 12.1 Å². The summed E-state index contributed by atoms with van der Waals surface area (Å²) in [6.45, 7) is 0. The van der Waals surface area contributed by atoms with Crippen molar-refractivity contribution in [1.82, 2.24) is 0 Å². The molecule has 0 bridgehead atoms. The number of halogens is 1. The molecule has 94 valence electrons. The highest BCUT2D eigenvalue weighted by Crippen LogP contribution is 2.31. The summed E-state index contributed by atoms with van der Waals surface area (Å²) in [5, 5.41) is 9.73. The smallest absolute Gasteiger partial charge is 0.124 e. The van der Waals surface area contributed by atoms with E-state index in [2.05, 4.69) is 11.8 Å². The number of benzene rings is 2. The van der Waals surface area contributed by atoms with E-state index in [0.29, 0.717) is 5.56 Å². The zero-order valence-electron chi connectivity index (χ0n) is 10.4. The van der Waals surface area contributed by atoms with Gasteiger partial charge in [0.1, 0.15) is 5.82 Å². The molecule has 1 aliphatic carbocycles. The Balaban J connectivity index is 1.89. The number of rotatable bonds is 0. The van der Waals surface area contributed by atoms with Crippen LogP contribution in [0.25, 0.3) is 0 Å². The van der Waals surface area contributed by atoms with Gasteiger partial charge in [0, 0.05) is 11.1 Å². The van der Waals surface area contributed by atoms with Gasteiger partial charge in [-0.05, 0) is 54.3 Å². The summed E-state index contributed by atoms with van der Waals surface area (Å²) in [5.41, 5.74) is 3.74. The van der Waals surface area contributed by atoms with E-state index in [-0.39, 0.29) is 11.9 Å². The average molecular weight is 252 g/mol. The lowest BCUT2D eigenvalue weighted by molar-refractivity contribution is 0.180. The molecule has 0 heterocycles. The third kappa shape index (κ3) is 2.52. The maximum atomic E-state index is 13.0. The highest BCUT2D eigenvalue weighted by atomic mass is 19.1. The molecule has 0 amide bonds. The maximum Gasteiger partial charge on any atom is 0.124 e. The zero-order chi connectivity index (χ0) is 13.2. The van der Waals surface area contributed by atoms with Gasteiger partial charge in [0.15, 0.2) is 0 Å². The van der Waals surface area contributed by atoms with E-state index in [4.69, 9.17) is 0 Å². The number of aliphatic hydroxyl groups excluding tert-OH is 1. The molecule has 0 fully saturated rings. The molecule has 2 aromatic rings. The molecule has 1 aliphatic rings. The summed E-state index contributed by atoms with van der Waals surface area (Å²) in [5.74, 6) is 5.71. The van der Waals surface area contributed by atoms with E-state index in [0.717, 1.165) is 24.0 Å². The second-order valence-electron chi connectivity index (χ2n) is 4.73. The highest BCUT2D eigenvalue weighted by molar-refractivity contribution is 5.47. The molecule has 1 atom stereocenters. The SMILES string of the molecule is OC1CCc2cc(C#Cc3cccc(F)c3)ccc21. The first kappa shape index (κ1) is 12.0. The fourth-order valence-corrected chi connectivity index (χ4v) is 2.38. The van der Waals surface area contributed by atoms with Crippen LogP contribution in [0.5, 0.6) is 0 Å². The molecule has 0 aromatic heterocycles. The van der Waals surface area contributed by atoms with Crippen LogP contribution >= 0.6 is 0 Å². The predicted octanol–water partition coefficient (Wildman–Crippen LogP) is 3.21. The molecule has 0 radical (unpaired) electrons. The van der Waals surface area contributed by atoms with Gasteiger partial charge in [-0.15, -0.1) is 0 Å². The third-order valence-corrected chi connectivity index (χ3v) is 3.36. The van der Waals surface area contributed by atoms with Crippen LogP contribution in [0.2, 0.25) is 0 Å². The summed E-state index contributed by atoms with van der Waals surface area (Å²) in [6.07, 6.45) is 1.35. The lowest BCUT2D eigenvalue weighted by Gasteiger charge is -2.02. The van der Waals surface area contributed by atoms with Gasteiger partial charge in [0.25, 0.3) is 0 Å². The summed E-state index contributed by atoms with van der Waals surface area (Å²) in [7, 11) is 0. The van der Waals surface area contributed by atoms with Crippen LogP contribution < -0.4 is 0 Å². The fraction of sp³-hybridized carbons (Fsp3) is 0.176. The molecule has 0 saturated heterocycles. The topological polar surface area (TPSA) is 20.2 Å². The molecule has 3 rings (SSSR count). The number of hydrogen-bond acceptors (Lipinski definition) is 1. The number of fused-ring (bicyclic) bond motifs is 1. The molecular weight excluding hydrogens is 239 g/mol. The predicted molar refractivity (Wildman–Crippen MR) is 72.1 cm³/mol. The molecule has 19 heavy (non-hydrogen) atoms. The summed E-state index contributed by atoms with van der Waals surface area (Å²) in [6, 6.07) is 12.1. The lowest BCUT2D eigenvalue weighted by Crippen LogP contribution is -1.90. The second kappa shape index (κ2) is 4.87. The van der Waals surface area contributed by atoms with Gasteiger partial charge in [-0.1, -0.05) is 24.0 Å². The van der Waals surface area contributed by atoms with Gasteiger partial charge in [-0.3, -0.25) is 0 Å². The molecule has 0 aliphatic heterocycles. The molecule has 1 nitrogen and oxygen atoms in total. The summed E-state index contributed by atoms with van der Waals surface area (Å²) >= 11 is 0. The van der Waals surface area contributed by atoms with Crippen molar-refractivity contribution in [3.63, 3.8) is 0 Å².